The Hall–Kier alpha value is -2.81. The second kappa shape index (κ2) is 5.90. The van der Waals surface area contributed by atoms with E-state index in [0.717, 1.165) is 12.1 Å². The van der Waals surface area contributed by atoms with Gasteiger partial charge in [-0.15, -0.1) is 0 Å². The van der Waals surface area contributed by atoms with Crippen LogP contribution in [0, 0.1) is 20.2 Å². The van der Waals surface area contributed by atoms with Crippen LogP contribution in [0.25, 0.3) is 11.1 Å². The van der Waals surface area contributed by atoms with Crippen molar-refractivity contribution in [2.75, 3.05) is 0 Å². The largest absolute Gasteiger partial charge is 0.478 e. The first kappa shape index (κ1) is 15.6. The third kappa shape index (κ3) is 2.79. The van der Waals surface area contributed by atoms with Crippen LogP contribution in [-0.2, 0) is 0 Å². The minimum absolute atomic E-state index is 0.185. The van der Waals surface area contributed by atoms with Crippen LogP contribution in [0.5, 0.6) is 0 Å². The van der Waals surface area contributed by atoms with E-state index in [1.807, 2.05) is 0 Å². The molecular weight excluding hydrogens is 360 g/mol. The molecule has 2 rings (SSSR count). The molecule has 0 saturated heterocycles. The Balaban J connectivity index is 2.92. The summed E-state index contributed by atoms with van der Waals surface area (Å²) in [5.74, 6) is -1.49. The fraction of sp³-hybridized carbons (Fsp3) is 0. The van der Waals surface area contributed by atoms with Gasteiger partial charge in [0, 0.05) is 16.1 Å². The van der Waals surface area contributed by atoms with Gasteiger partial charge in [0.1, 0.15) is 0 Å². The number of halogens is 1. The lowest BCUT2D eigenvalue weighted by Crippen LogP contribution is -2.05. The number of nitro groups is 2. The van der Waals surface area contributed by atoms with Gasteiger partial charge in [-0.25, -0.2) is 4.79 Å². The zero-order valence-electron chi connectivity index (χ0n) is 10.7. The summed E-state index contributed by atoms with van der Waals surface area (Å²) in [5.41, 5.74) is -1.72. The van der Waals surface area contributed by atoms with Crippen molar-refractivity contribution in [1.82, 2.24) is 0 Å². The quantitative estimate of drug-likeness (QED) is 0.650. The van der Waals surface area contributed by atoms with E-state index in [0.29, 0.717) is 4.47 Å². The molecule has 0 saturated carbocycles. The SMILES string of the molecule is O=C(O)c1cc([N+](=O)[O-])cc([N+](=O)[O-])c1-c1ccccc1Br. The fourth-order valence-corrected chi connectivity index (χ4v) is 2.46. The second-order valence-electron chi connectivity index (χ2n) is 4.19. The van der Waals surface area contributed by atoms with Crippen LogP contribution in [0.3, 0.4) is 0 Å². The summed E-state index contributed by atoms with van der Waals surface area (Å²) >= 11 is 3.20. The molecule has 0 unspecified atom stereocenters. The first-order chi connectivity index (χ1) is 10.3. The Kier molecular flexibility index (Phi) is 4.18. The van der Waals surface area contributed by atoms with Gasteiger partial charge in [-0.05, 0) is 6.07 Å². The first-order valence-electron chi connectivity index (χ1n) is 5.78. The molecule has 0 aliphatic heterocycles. The van der Waals surface area contributed by atoms with Gasteiger partial charge < -0.3 is 5.11 Å². The van der Waals surface area contributed by atoms with Crippen molar-refractivity contribution in [2.45, 2.75) is 0 Å². The topological polar surface area (TPSA) is 124 Å². The molecule has 0 spiro atoms. The summed E-state index contributed by atoms with van der Waals surface area (Å²) in [6.45, 7) is 0. The zero-order valence-corrected chi connectivity index (χ0v) is 12.3. The molecule has 1 N–H and O–H groups in total. The molecule has 22 heavy (non-hydrogen) atoms. The number of non-ortho nitro benzene ring substituents is 1. The third-order valence-corrected chi connectivity index (χ3v) is 3.57. The number of nitrogens with zero attached hydrogens (tertiary/aromatic N) is 2. The molecule has 0 amide bonds. The van der Waals surface area contributed by atoms with Gasteiger partial charge in [0.2, 0.25) is 0 Å². The van der Waals surface area contributed by atoms with Gasteiger partial charge in [0.25, 0.3) is 11.4 Å². The maximum atomic E-state index is 11.4. The van der Waals surface area contributed by atoms with E-state index >= 15 is 0 Å². The monoisotopic (exact) mass is 366 g/mol. The molecular formula is C13H7BrN2O6. The van der Waals surface area contributed by atoms with Crippen LogP contribution in [-0.4, -0.2) is 20.9 Å². The van der Waals surface area contributed by atoms with Gasteiger partial charge in [0.15, 0.2) is 0 Å². The Bertz CT molecular complexity index is 770. The number of hydrogen-bond donors (Lipinski definition) is 1. The van der Waals surface area contributed by atoms with Crippen LogP contribution >= 0.6 is 15.9 Å². The van der Waals surface area contributed by atoms with Gasteiger partial charge in [-0.3, -0.25) is 20.2 Å². The molecule has 0 heterocycles. The number of hydrogen-bond acceptors (Lipinski definition) is 5. The molecule has 0 atom stereocenters. The van der Waals surface area contributed by atoms with Crippen molar-refractivity contribution in [1.29, 1.82) is 0 Å². The van der Waals surface area contributed by atoms with Gasteiger partial charge in [0.05, 0.1) is 27.0 Å². The number of aromatic carboxylic acids is 1. The molecule has 8 nitrogen and oxygen atoms in total. The summed E-state index contributed by atoms with van der Waals surface area (Å²) in [6, 6.07) is 7.88. The van der Waals surface area contributed by atoms with Crippen molar-refractivity contribution in [2.24, 2.45) is 0 Å². The Morgan fingerprint density at radius 3 is 2.23 bits per heavy atom. The molecule has 9 heteroatoms. The normalized spacial score (nSPS) is 10.2. The molecule has 0 aliphatic rings. The number of rotatable bonds is 4. The molecule has 2 aromatic carbocycles. The molecule has 112 valence electrons. The highest BCUT2D eigenvalue weighted by Crippen LogP contribution is 2.39. The Morgan fingerprint density at radius 2 is 1.73 bits per heavy atom. The Morgan fingerprint density at radius 1 is 1.09 bits per heavy atom. The lowest BCUT2D eigenvalue weighted by atomic mass is 9.97. The van der Waals surface area contributed by atoms with Gasteiger partial charge in [-0.1, -0.05) is 34.1 Å². The van der Waals surface area contributed by atoms with Crippen molar-refractivity contribution in [3.05, 3.63) is 66.7 Å². The highest BCUT2D eigenvalue weighted by Gasteiger charge is 2.29. The van der Waals surface area contributed by atoms with E-state index in [1.165, 1.54) is 6.07 Å². The first-order valence-corrected chi connectivity index (χ1v) is 6.57. The average Bonchev–Trinajstić information content (AvgIpc) is 2.46. The third-order valence-electron chi connectivity index (χ3n) is 2.88. The van der Waals surface area contributed by atoms with Crippen LogP contribution < -0.4 is 0 Å². The molecule has 0 aromatic heterocycles. The maximum Gasteiger partial charge on any atom is 0.336 e. The predicted molar refractivity (Wildman–Crippen MR) is 79.8 cm³/mol. The molecule has 0 radical (unpaired) electrons. The van der Waals surface area contributed by atoms with E-state index in [9.17, 15) is 30.1 Å². The number of nitro benzene ring substituents is 2. The maximum absolute atomic E-state index is 11.4. The van der Waals surface area contributed by atoms with Crippen LogP contribution in [0.15, 0.2) is 40.9 Å². The predicted octanol–water partition coefficient (Wildman–Crippen LogP) is 3.63. The summed E-state index contributed by atoms with van der Waals surface area (Å²) in [4.78, 5) is 31.8. The van der Waals surface area contributed by atoms with Crippen molar-refractivity contribution >= 4 is 33.3 Å². The van der Waals surface area contributed by atoms with Crippen LogP contribution in [0.2, 0.25) is 0 Å². The lowest BCUT2D eigenvalue weighted by molar-refractivity contribution is -0.393. The standard InChI is InChI=1S/C13H7BrN2O6/c14-10-4-2-1-3-8(10)12-9(13(17)18)5-7(15(19)20)6-11(12)16(21)22/h1-6H,(H,17,18). The van der Waals surface area contributed by atoms with E-state index in [1.54, 1.807) is 18.2 Å². The molecule has 0 bridgehead atoms. The van der Waals surface area contributed by atoms with E-state index in [4.69, 9.17) is 0 Å². The number of carbonyl (C=O) groups is 1. The highest BCUT2D eigenvalue weighted by atomic mass is 79.9. The molecule has 0 aliphatic carbocycles. The summed E-state index contributed by atoms with van der Waals surface area (Å²) < 4.78 is 0.439. The van der Waals surface area contributed by atoms with Crippen molar-refractivity contribution in [3.8, 4) is 11.1 Å². The Labute approximate surface area is 131 Å². The average molecular weight is 367 g/mol. The van der Waals surface area contributed by atoms with Crippen LogP contribution in [0.4, 0.5) is 11.4 Å². The van der Waals surface area contributed by atoms with Crippen molar-refractivity contribution < 1.29 is 19.7 Å². The van der Waals surface area contributed by atoms with Gasteiger partial charge >= 0.3 is 5.97 Å². The summed E-state index contributed by atoms with van der Waals surface area (Å²) in [5, 5.41) is 31.3. The lowest BCUT2D eigenvalue weighted by Gasteiger charge is -2.09. The number of benzene rings is 2. The smallest absolute Gasteiger partial charge is 0.336 e. The summed E-state index contributed by atoms with van der Waals surface area (Å²) in [7, 11) is 0. The fourth-order valence-electron chi connectivity index (χ4n) is 1.98. The van der Waals surface area contributed by atoms with E-state index in [2.05, 4.69) is 15.9 Å². The molecule has 2 aromatic rings. The number of carboxylic acid groups (broad SMARTS) is 1. The minimum atomic E-state index is -1.49. The highest BCUT2D eigenvalue weighted by molar-refractivity contribution is 9.10. The zero-order chi connectivity index (χ0) is 16.4. The second-order valence-corrected chi connectivity index (χ2v) is 5.04. The van der Waals surface area contributed by atoms with E-state index in [-0.39, 0.29) is 11.1 Å². The summed E-state index contributed by atoms with van der Waals surface area (Å²) in [6.07, 6.45) is 0. The molecule has 0 fully saturated rings. The van der Waals surface area contributed by atoms with Crippen molar-refractivity contribution in [3.63, 3.8) is 0 Å². The van der Waals surface area contributed by atoms with Crippen LogP contribution in [0.1, 0.15) is 10.4 Å². The minimum Gasteiger partial charge on any atom is -0.478 e. The number of carboxylic acids is 1. The van der Waals surface area contributed by atoms with Gasteiger partial charge in [-0.2, -0.15) is 0 Å². The van der Waals surface area contributed by atoms with E-state index < -0.39 is 32.8 Å².